The number of nitrogens with zero attached hydrogens (tertiary/aromatic N) is 7. The molecule has 1 aromatic carbocycles. The van der Waals surface area contributed by atoms with Crippen LogP contribution in [0.5, 0.6) is 0 Å². The van der Waals surface area contributed by atoms with E-state index in [9.17, 15) is 0 Å². The third kappa shape index (κ3) is 3.46. The Labute approximate surface area is 190 Å². The quantitative estimate of drug-likeness (QED) is 0.412. The summed E-state index contributed by atoms with van der Waals surface area (Å²) in [5.41, 5.74) is 7.05. The van der Waals surface area contributed by atoms with Crippen molar-refractivity contribution in [2.75, 3.05) is 0 Å². The van der Waals surface area contributed by atoms with Crippen molar-refractivity contribution in [3.8, 4) is 22.6 Å². The van der Waals surface area contributed by atoms with Crippen molar-refractivity contribution < 1.29 is 0 Å². The fraction of sp³-hybridized carbons (Fsp3) is 0.261. The van der Waals surface area contributed by atoms with Gasteiger partial charge in [-0.2, -0.15) is 5.21 Å². The first-order chi connectivity index (χ1) is 15.6. The molecule has 0 saturated carbocycles. The second-order valence-corrected chi connectivity index (χ2v) is 8.27. The van der Waals surface area contributed by atoms with Crippen molar-refractivity contribution >= 4 is 22.8 Å². The first kappa shape index (κ1) is 20.4. The molecule has 4 heterocycles. The number of aryl methyl sites for hydroxylation is 2. The molecule has 0 aliphatic heterocycles. The first-order valence-electron chi connectivity index (χ1n) is 10.6. The van der Waals surface area contributed by atoms with Crippen LogP contribution in [0.2, 0.25) is 5.15 Å². The zero-order valence-electron chi connectivity index (χ0n) is 18.2. The van der Waals surface area contributed by atoms with Gasteiger partial charge in [-0.05, 0) is 47.4 Å². The average molecular weight is 447 g/mol. The summed E-state index contributed by atoms with van der Waals surface area (Å²) in [7, 11) is 1.93. The van der Waals surface area contributed by atoms with Crippen LogP contribution in [-0.4, -0.2) is 39.7 Å². The summed E-state index contributed by atoms with van der Waals surface area (Å²) in [5.74, 6) is 1.59. The van der Waals surface area contributed by atoms with Crippen LogP contribution in [0.3, 0.4) is 0 Å². The van der Waals surface area contributed by atoms with E-state index < -0.39 is 0 Å². The normalized spacial score (nSPS) is 11.5. The topological polar surface area (TPSA) is 90.1 Å². The number of pyridine rings is 1. The number of aromatic amines is 1. The Balaban J connectivity index is 1.52. The highest BCUT2D eigenvalue weighted by Crippen LogP contribution is 2.34. The number of H-pyrrole nitrogens is 1. The molecule has 0 amide bonds. The highest BCUT2D eigenvalue weighted by atomic mass is 35.5. The number of imidazole rings is 1. The Kier molecular flexibility index (Phi) is 5.22. The van der Waals surface area contributed by atoms with Gasteiger partial charge >= 0.3 is 0 Å². The van der Waals surface area contributed by atoms with Gasteiger partial charge in [0.2, 0.25) is 5.82 Å². The number of halogens is 1. The van der Waals surface area contributed by atoms with Gasteiger partial charge in [0, 0.05) is 19.7 Å². The molecule has 4 aromatic heterocycles. The molecule has 162 valence electrons. The third-order valence-electron chi connectivity index (χ3n) is 5.72. The molecule has 9 heteroatoms. The van der Waals surface area contributed by atoms with E-state index in [1.54, 1.807) is 0 Å². The number of hydrogen-bond donors (Lipinski definition) is 1. The van der Waals surface area contributed by atoms with Gasteiger partial charge in [0.15, 0.2) is 5.65 Å². The van der Waals surface area contributed by atoms with Gasteiger partial charge in [-0.25, -0.2) is 9.97 Å². The van der Waals surface area contributed by atoms with Crippen molar-refractivity contribution in [1.29, 1.82) is 0 Å². The largest absolute Gasteiger partial charge is 0.334 e. The number of rotatable bonds is 6. The highest BCUT2D eigenvalue weighted by molar-refractivity contribution is 6.30. The minimum atomic E-state index is 0.516. The first-order valence-corrected chi connectivity index (χ1v) is 10.9. The minimum absolute atomic E-state index is 0.516. The molecule has 0 radical (unpaired) electrons. The summed E-state index contributed by atoms with van der Waals surface area (Å²) in [6, 6.07) is 12.3. The lowest BCUT2D eigenvalue weighted by Crippen LogP contribution is -2.06. The van der Waals surface area contributed by atoms with Crippen LogP contribution < -0.4 is 0 Å². The Hall–Kier alpha value is -3.52. The second kappa shape index (κ2) is 8.20. The van der Waals surface area contributed by atoms with Gasteiger partial charge in [0.05, 0.1) is 17.8 Å². The maximum atomic E-state index is 6.40. The fourth-order valence-corrected chi connectivity index (χ4v) is 4.28. The summed E-state index contributed by atoms with van der Waals surface area (Å²) >= 11 is 6.40. The Bertz CT molecular complexity index is 1380. The minimum Gasteiger partial charge on any atom is -0.334 e. The monoisotopic (exact) mass is 446 g/mol. The van der Waals surface area contributed by atoms with E-state index in [1.165, 1.54) is 5.56 Å². The van der Waals surface area contributed by atoms with E-state index in [0.717, 1.165) is 52.2 Å². The van der Waals surface area contributed by atoms with Crippen LogP contribution in [-0.2, 0) is 20.0 Å². The third-order valence-corrected chi connectivity index (χ3v) is 6.08. The predicted molar refractivity (Wildman–Crippen MR) is 124 cm³/mol. The lowest BCUT2D eigenvalue weighted by Gasteiger charge is -2.11. The van der Waals surface area contributed by atoms with Crippen LogP contribution in [0.15, 0.2) is 42.6 Å². The number of hydrogen-bond acceptors (Lipinski definition) is 5. The van der Waals surface area contributed by atoms with Crippen molar-refractivity contribution in [3.63, 3.8) is 0 Å². The van der Waals surface area contributed by atoms with Gasteiger partial charge in [-0.1, -0.05) is 42.8 Å². The molecule has 5 aromatic rings. The van der Waals surface area contributed by atoms with Crippen molar-refractivity contribution in [3.05, 3.63) is 64.7 Å². The molecule has 0 atom stereocenters. The van der Waals surface area contributed by atoms with E-state index in [-0.39, 0.29) is 0 Å². The maximum absolute atomic E-state index is 6.40. The second-order valence-electron chi connectivity index (χ2n) is 7.88. The van der Waals surface area contributed by atoms with E-state index in [2.05, 4.69) is 68.3 Å². The lowest BCUT2D eigenvalue weighted by atomic mass is 10.1. The van der Waals surface area contributed by atoms with Gasteiger partial charge in [-0.15, -0.1) is 10.2 Å². The zero-order chi connectivity index (χ0) is 22.2. The summed E-state index contributed by atoms with van der Waals surface area (Å²) < 4.78 is 4.16. The number of fused-ring (bicyclic) bond motifs is 1. The summed E-state index contributed by atoms with van der Waals surface area (Å²) in [6.45, 7) is 4.97. The standard InChI is InChI=1S/C23H23ClN8/c1-4-5-19-26-20-14(2)10-11-25-23(20)32(19)13-15-6-8-16(9-7-15)21-17(12-18(24)31(21)3)22-27-29-30-28-22/h6-12H,4-5,13H2,1-3H3,(H,27,28,29,30). The van der Waals surface area contributed by atoms with E-state index in [0.29, 0.717) is 17.5 Å². The lowest BCUT2D eigenvalue weighted by molar-refractivity contribution is 0.716. The van der Waals surface area contributed by atoms with E-state index >= 15 is 0 Å². The highest BCUT2D eigenvalue weighted by Gasteiger charge is 2.18. The number of benzene rings is 1. The number of tetrazole rings is 1. The zero-order valence-corrected chi connectivity index (χ0v) is 18.9. The van der Waals surface area contributed by atoms with Gasteiger partial charge in [0.1, 0.15) is 16.5 Å². The fourth-order valence-electron chi connectivity index (χ4n) is 4.08. The molecule has 0 aliphatic rings. The summed E-state index contributed by atoms with van der Waals surface area (Å²) in [4.78, 5) is 9.50. The molecule has 0 saturated heterocycles. The summed E-state index contributed by atoms with van der Waals surface area (Å²) in [5, 5.41) is 15.0. The molecule has 0 bridgehead atoms. The van der Waals surface area contributed by atoms with Crippen molar-refractivity contribution in [2.24, 2.45) is 7.05 Å². The molecule has 0 spiro atoms. The Morgan fingerprint density at radius 3 is 2.66 bits per heavy atom. The number of aromatic nitrogens is 8. The predicted octanol–water partition coefficient (Wildman–Crippen LogP) is 4.58. The van der Waals surface area contributed by atoms with Gasteiger partial charge < -0.3 is 9.13 Å². The van der Waals surface area contributed by atoms with Gasteiger partial charge in [0.25, 0.3) is 0 Å². The molecule has 32 heavy (non-hydrogen) atoms. The Morgan fingerprint density at radius 2 is 1.94 bits per heavy atom. The van der Waals surface area contributed by atoms with Crippen LogP contribution in [0.1, 0.15) is 30.3 Å². The number of nitrogens with one attached hydrogen (secondary N) is 1. The molecule has 0 aliphatic carbocycles. The maximum Gasteiger partial charge on any atom is 0.206 e. The van der Waals surface area contributed by atoms with Crippen LogP contribution in [0, 0.1) is 6.92 Å². The van der Waals surface area contributed by atoms with Crippen molar-refractivity contribution in [1.82, 2.24) is 39.7 Å². The molecule has 1 N–H and O–H groups in total. The van der Waals surface area contributed by atoms with E-state index in [1.807, 2.05) is 29.9 Å². The Morgan fingerprint density at radius 1 is 1.12 bits per heavy atom. The van der Waals surface area contributed by atoms with E-state index in [4.69, 9.17) is 16.6 Å². The summed E-state index contributed by atoms with van der Waals surface area (Å²) in [6.07, 6.45) is 3.81. The molecule has 5 rings (SSSR count). The van der Waals surface area contributed by atoms with Crippen LogP contribution in [0.25, 0.3) is 33.8 Å². The SMILES string of the molecule is CCCc1nc2c(C)ccnc2n1Cc1ccc(-c2c(-c3nn[nH]n3)cc(Cl)n2C)cc1. The van der Waals surface area contributed by atoms with Crippen LogP contribution >= 0.6 is 11.6 Å². The smallest absolute Gasteiger partial charge is 0.206 e. The molecule has 0 unspecified atom stereocenters. The molecular formula is C23H23ClN8. The average Bonchev–Trinajstić information content (AvgIpc) is 3.50. The molecule has 0 fully saturated rings. The van der Waals surface area contributed by atoms with Gasteiger partial charge in [-0.3, -0.25) is 0 Å². The van der Waals surface area contributed by atoms with Crippen molar-refractivity contribution in [2.45, 2.75) is 33.2 Å². The van der Waals surface area contributed by atoms with Crippen LogP contribution in [0.4, 0.5) is 0 Å². The molecule has 8 nitrogen and oxygen atoms in total. The molecular weight excluding hydrogens is 424 g/mol.